The van der Waals surface area contributed by atoms with Crippen LogP contribution in [0.3, 0.4) is 0 Å². The molecule has 0 aliphatic heterocycles. The molecule has 18 heavy (non-hydrogen) atoms. The summed E-state index contributed by atoms with van der Waals surface area (Å²) >= 11 is 10.2. The summed E-state index contributed by atoms with van der Waals surface area (Å²) in [6, 6.07) is 0. The van der Waals surface area contributed by atoms with Gasteiger partial charge in [0.05, 0.1) is 11.0 Å². The molecule has 4 atom stereocenters. The molecule has 0 unspecified atom stereocenters. The van der Waals surface area contributed by atoms with E-state index >= 15 is 0 Å². The molecule has 0 radical (unpaired) electrons. The Bertz CT molecular complexity index is 375. The van der Waals surface area contributed by atoms with Crippen molar-refractivity contribution in [3.8, 4) is 0 Å². The van der Waals surface area contributed by atoms with Gasteiger partial charge in [-0.25, -0.2) is 0 Å². The van der Waals surface area contributed by atoms with E-state index in [0.717, 1.165) is 12.8 Å². The van der Waals surface area contributed by atoms with Gasteiger partial charge in [0.2, 0.25) is 0 Å². The summed E-state index contributed by atoms with van der Waals surface area (Å²) < 4.78 is 0. The molecule has 1 nitrogen and oxygen atoms in total. The van der Waals surface area contributed by atoms with E-state index in [1.165, 1.54) is 18.4 Å². The van der Waals surface area contributed by atoms with Crippen molar-refractivity contribution in [2.45, 2.75) is 69.2 Å². The minimum absolute atomic E-state index is 0.176. The molecule has 2 aliphatic rings. The lowest BCUT2D eigenvalue weighted by Crippen LogP contribution is -2.42. The van der Waals surface area contributed by atoms with Crippen LogP contribution in [0, 0.1) is 10.8 Å². The molecule has 104 valence electrons. The van der Waals surface area contributed by atoms with Crippen LogP contribution in [0.4, 0.5) is 0 Å². The van der Waals surface area contributed by atoms with E-state index in [2.05, 4.69) is 42.8 Å². The smallest absolute Gasteiger partial charge is 0.0769 e. The van der Waals surface area contributed by atoms with E-state index in [4.69, 9.17) is 11.6 Å². The number of hydrogen-bond donors (Lipinski definition) is 1. The molecule has 0 aromatic heterocycles. The van der Waals surface area contributed by atoms with Crippen molar-refractivity contribution in [1.29, 1.82) is 0 Å². The van der Waals surface area contributed by atoms with Crippen molar-refractivity contribution in [3.05, 3.63) is 11.6 Å². The topological polar surface area (TPSA) is 20.2 Å². The van der Waals surface area contributed by atoms with E-state index in [1.807, 2.05) is 6.92 Å². The van der Waals surface area contributed by atoms with Gasteiger partial charge in [-0.15, -0.1) is 11.6 Å². The largest absolute Gasteiger partial charge is 0.391 e. The van der Waals surface area contributed by atoms with Crippen LogP contribution in [0.5, 0.6) is 0 Å². The lowest BCUT2D eigenvalue weighted by molar-refractivity contribution is 0.0998. The number of allylic oxidation sites excluding steroid dienone is 1. The Kier molecular flexibility index (Phi) is 3.71. The number of hydrogen-bond acceptors (Lipinski definition) is 1. The van der Waals surface area contributed by atoms with Crippen molar-refractivity contribution in [2.24, 2.45) is 10.8 Å². The third kappa shape index (κ3) is 2.09. The molecule has 2 rings (SSSR count). The standard InChI is InChI=1S/C15H24BrClO/c1-13(2)11(16)6-7-14(13,3)10-5-8-15(4,17)12(18)9-10/h5,11-12,18H,6-9H2,1-4H3/t11-,12+,14-,15-/m0/s1. The summed E-state index contributed by atoms with van der Waals surface area (Å²) in [5, 5.41) is 10.2. The molecule has 1 fully saturated rings. The van der Waals surface area contributed by atoms with Crippen LogP contribution in [0.25, 0.3) is 0 Å². The van der Waals surface area contributed by atoms with Crippen molar-refractivity contribution < 1.29 is 5.11 Å². The first kappa shape index (κ1) is 14.9. The Hall–Kier alpha value is 0.470. The highest BCUT2D eigenvalue weighted by atomic mass is 79.9. The molecule has 0 aromatic carbocycles. The van der Waals surface area contributed by atoms with Gasteiger partial charge in [0.15, 0.2) is 0 Å². The first-order chi connectivity index (χ1) is 8.11. The lowest BCUT2D eigenvalue weighted by atomic mass is 9.62. The van der Waals surface area contributed by atoms with Crippen LogP contribution < -0.4 is 0 Å². The monoisotopic (exact) mass is 334 g/mol. The predicted molar refractivity (Wildman–Crippen MR) is 81.4 cm³/mol. The van der Waals surface area contributed by atoms with Crippen molar-refractivity contribution in [1.82, 2.24) is 0 Å². The third-order valence-electron chi connectivity index (χ3n) is 5.67. The molecule has 0 spiro atoms. The fourth-order valence-electron chi connectivity index (χ4n) is 3.43. The molecule has 1 N–H and O–H groups in total. The van der Waals surface area contributed by atoms with Crippen LogP contribution in [0.1, 0.15) is 53.4 Å². The zero-order valence-corrected chi connectivity index (χ0v) is 14.1. The molecule has 0 heterocycles. The van der Waals surface area contributed by atoms with Crippen LogP contribution in [-0.4, -0.2) is 20.9 Å². The van der Waals surface area contributed by atoms with Crippen molar-refractivity contribution in [3.63, 3.8) is 0 Å². The van der Waals surface area contributed by atoms with Crippen LogP contribution in [0.15, 0.2) is 11.6 Å². The Labute approximate surface area is 124 Å². The van der Waals surface area contributed by atoms with Gasteiger partial charge in [-0.3, -0.25) is 0 Å². The summed E-state index contributed by atoms with van der Waals surface area (Å²) in [5.41, 5.74) is 1.80. The highest BCUT2D eigenvalue weighted by Gasteiger charge is 2.53. The molecule has 0 bridgehead atoms. The summed E-state index contributed by atoms with van der Waals surface area (Å²) in [6.07, 6.45) is 5.74. The van der Waals surface area contributed by atoms with Gasteiger partial charge < -0.3 is 5.11 Å². The van der Waals surface area contributed by atoms with Gasteiger partial charge in [0.1, 0.15) is 0 Å². The number of aliphatic hydroxyl groups excluding tert-OH is 1. The fraction of sp³-hybridized carbons (Fsp3) is 0.867. The first-order valence-corrected chi connectivity index (χ1v) is 8.11. The van der Waals surface area contributed by atoms with Crippen LogP contribution in [0.2, 0.25) is 0 Å². The summed E-state index contributed by atoms with van der Waals surface area (Å²) in [4.78, 5) is 0.0634. The van der Waals surface area contributed by atoms with Crippen LogP contribution >= 0.6 is 27.5 Å². The molecule has 0 amide bonds. The van der Waals surface area contributed by atoms with E-state index in [9.17, 15) is 5.11 Å². The highest BCUT2D eigenvalue weighted by Crippen LogP contribution is 2.60. The van der Waals surface area contributed by atoms with E-state index in [-0.39, 0.29) is 10.8 Å². The number of alkyl halides is 2. The molecular formula is C15H24BrClO. The molecule has 0 aromatic rings. The number of aliphatic hydroxyl groups is 1. The predicted octanol–water partition coefficient (Wildman–Crippen LogP) is 4.65. The molecule has 0 saturated heterocycles. The normalized spacial score (nSPS) is 48.1. The average Bonchev–Trinajstić information content (AvgIpc) is 2.47. The Morgan fingerprint density at radius 3 is 2.39 bits per heavy atom. The Morgan fingerprint density at radius 2 is 1.94 bits per heavy atom. The van der Waals surface area contributed by atoms with Gasteiger partial charge in [-0.1, -0.05) is 48.4 Å². The lowest BCUT2D eigenvalue weighted by Gasteiger charge is -2.46. The van der Waals surface area contributed by atoms with E-state index in [0.29, 0.717) is 4.83 Å². The van der Waals surface area contributed by atoms with Gasteiger partial charge >= 0.3 is 0 Å². The van der Waals surface area contributed by atoms with Crippen molar-refractivity contribution >= 4 is 27.5 Å². The number of rotatable bonds is 1. The van der Waals surface area contributed by atoms with E-state index < -0.39 is 11.0 Å². The third-order valence-corrected chi connectivity index (χ3v) is 7.68. The Balaban J connectivity index is 2.31. The summed E-state index contributed by atoms with van der Waals surface area (Å²) in [7, 11) is 0. The maximum atomic E-state index is 10.2. The van der Waals surface area contributed by atoms with Crippen molar-refractivity contribution in [2.75, 3.05) is 0 Å². The highest BCUT2D eigenvalue weighted by molar-refractivity contribution is 9.09. The quantitative estimate of drug-likeness (QED) is 0.546. The molecule has 2 aliphatic carbocycles. The zero-order valence-electron chi connectivity index (χ0n) is 11.8. The second kappa shape index (κ2) is 4.49. The minimum atomic E-state index is -0.490. The Morgan fingerprint density at radius 1 is 1.33 bits per heavy atom. The molecule has 3 heteroatoms. The van der Waals surface area contributed by atoms with Gasteiger partial charge in [0.25, 0.3) is 0 Å². The summed E-state index contributed by atoms with van der Waals surface area (Å²) in [5.74, 6) is 0. The number of halogens is 2. The maximum absolute atomic E-state index is 10.2. The van der Waals surface area contributed by atoms with Gasteiger partial charge in [-0.2, -0.15) is 0 Å². The van der Waals surface area contributed by atoms with Gasteiger partial charge in [0, 0.05) is 4.83 Å². The first-order valence-electron chi connectivity index (χ1n) is 6.82. The SMILES string of the molecule is CC1(C)[C@@H](Br)CC[C@@]1(C)C1=CC[C@](C)(Cl)[C@H](O)C1. The van der Waals surface area contributed by atoms with Crippen LogP contribution in [-0.2, 0) is 0 Å². The second-order valence-electron chi connectivity index (χ2n) is 6.99. The van der Waals surface area contributed by atoms with Gasteiger partial charge in [-0.05, 0) is 43.4 Å². The second-order valence-corrected chi connectivity index (χ2v) is 8.96. The zero-order chi connectivity index (χ0) is 13.8. The summed E-state index contributed by atoms with van der Waals surface area (Å²) in [6.45, 7) is 8.95. The van der Waals surface area contributed by atoms with E-state index in [1.54, 1.807) is 0 Å². The average molecular weight is 336 g/mol. The fourth-order valence-corrected chi connectivity index (χ4v) is 4.32. The minimum Gasteiger partial charge on any atom is -0.391 e. The maximum Gasteiger partial charge on any atom is 0.0769 e. The molecular weight excluding hydrogens is 312 g/mol. The molecule has 1 saturated carbocycles.